The minimum absolute atomic E-state index is 0.216. The Morgan fingerprint density at radius 1 is 1.00 bits per heavy atom. The molecule has 0 radical (unpaired) electrons. The van der Waals surface area contributed by atoms with Crippen molar-refractivity contribution in [1.29, 1.82) is 0 Å². The summed E-state index contributed by atoms with van der Waals surface area (Å²) in [7, 11) is 1.50. The van der Waals surface area contributed by atoms with Crippen molar-refractivity contribution >= 4 is 39.1 Å². The lowest BCUT2D eigenvalue weighted by atomic mass is 10.2. The number of nitrogens with one attached hydrogen (secondary N) is 1. The van der Waals surface area contributed by atoms with E-state index in [2.05, 4.69) is 5.32 Å². The highest BCUT2D eigenvalue weighted by atomic mass is 32.1. The van der Waals surface area contributed by atoms with Crippen LogP contribution >= 0.6 is 11.3 Å². The van der Waals surface area contributed by atoms with E-state index in [1.165, 1.54) is 11.7 Å². The van der Waals surface area contributed by atoms with Crippen LogP contribution in [0.5, 0.6) is 5.75 Å². The van der Waals surface area contributed by atoms with Gasteiger partial charge < -0.3 is 15.0 Å². The topological polar surface area (TPSA) is 103 Å². The van der Waals surface area contributed by atoms with Crippen molar-refractivity contribution in [2.75, 3.05) is 25.5 Å². The molecule has 2 heterocycles. The monoisotopic (exact) mass is 520 g/mol. The molecule has 2 aromatic heterocycles. The summed E-state index contributed by atoms with van der Waals surface area (Å²) in [4.78, 5) is 56.0. The summed E-state index contributed by atoms with van der Waals surface area (Å²) in [5.74, 6) is -0.220. The molecule has 0 aliphatic carbocycles. The number of ether oxygens (including phenoxy) is 1. The minimum atomic E-state index is -0.665. The summed E-state index contributed by atoms with van der Waals surface area (Å²) in [5.41, 5.74) is 0.128. The summed E-state index contributed by atoms with van der Waals surface area (Å²) in [6.45, 7) is 6.11. The summed E-state index contributed by atoms with van der Waals surface area (Å²) >= 11 is 1.06. The van der Waals surface area contributed by atoms with E-state index in [4.69, 9.17) is 4.74 Å². The number of rotatable bonds is 8. The third kappa shape index (κ3) is 4.79. The van der Waals surface area contributed by atoms with Crippen molar-refractivity contribution in [1.82, 2.24) is 14.0 Å². The van der Waals surface area contributed by atoms with Gasteiger partial charge in [-0.05, 0) is 50.6 Å². The van der Waals surface area contributed by atoms with E-state index in [1.807, 2.05) is 13.8 Å². The first-order valence-electron chi connectivity index (χ1n) is 11.9. The number of hydrogen-bond donors (Lipinski definition) is 1. The Kier molecular flexibility index (Phi) is 7.58. The fraction of sp³-hybridized carbons (Fsp3) is 0.259. The van der Waals surface area contributed by atoms with Gasteiger partial charge in [0.05, 0.1) is 28.7 Å². The predicted octanol–water partition coefficient (Wildman–Crippen LogP) is 3.65. The molecule has 4 rings (SSSR count). The number of carbonyl (C=O) groups excluding carboxylic acids is 2. The number of para-hydroxylation sites is 3. The Morgan fingerprint density at radius 2 is 1.65 bits per heavy atom. The van der Waals surface area contributed by atoms with Gasteiger partial charge >= 0.3 is 5.69 Å². The second-order valence-corrected chi connectivity index (χ2v) is 9.31. The van der Waals surface area contributed by atoms with Gasteiger partial charge in [-0.2, -0.15) is 0 Å². The molecule has 0 fully saturated rings. The van der Waals surface area contributed by atoms with Crippen molar-refractivity contribution in [2.24, 2.45) is 0 Å². The van der Waals surface area contributed by atoms with Gasteiger partial charge in [-0.15, -0.1) is 11.3 Å². The van der Waals surface area contributed by atoms with Gasteiger partial charge in [0, 0.05) is 13.1 Å². The van der Waals surface area contributed by atoms with E-state index in [0.717, 1.165) is 15.9 Å². The average molecular weight is 521 g/mol. The van der Waals surface area contributed by atoms with Gasteiger partial charge in [0.1, 0.15) is 17.1 Å². The largest absolute Gasteiger partial charge is 0.495 e. The number of anilines is 1. The zero-order valence-corrected chi connectivity index (χ0v) is 21.9. The highest BCUT2D eigenvalue weighted by Gasteiger charge is 2.26. The molecule has 0 unspecified atom stereocenters. The summed E-state index contributed by atoms with van der Waals surface area (Å²) in [5, 5.41) is 3.02. The molecule has 1 N–H and O–H groups in total. The van der Waals surface area contributed by atoms with Gasteiger partial charge in [-0.1, -0.05) is 30.3 Å². The maximum atomic E-state index is 13.7. The quantitative estimate of drug-likeness (QED) is 0.382. The van der Waals surface area contributed by atoms with Gasteiger partial charge in [-0.25, -0.2) is 9.36 Å². The second kappa shape index (κ2) is 10.8. The molecule has 9 nitrogen and oxygen atoms in total. The van der Waals surface area contributed by atoms with Crippen LogP contribution in [0.15, 0.2) is 64.2 Å². The first-order valence-corrected chi connectivity index (χ1v) is 12.7. The Bertz CT molecular complexity index is 1580. The maximum absolute atomic E-state index is 13.7. The number of methoxy groups -OCH3 is 1. The van der Waals surface area contributed by atoms with E-state index >= 15 is 0 Å². The molecular weight excluding hydrogens is 492 g/mol. The van der Waals surface area contributed by atoms with Crippen molar-refractivity contribution < 1.29 is 14.3 Å². The van der Waals surface area contributed by atoms with Gasteiger partial charge in [-0.3, -0.25) is 19.0 Å². The number of thiophene rings is 1. The van der Waals surface area contributed by atoms with E-state index in [9.17, 15) is 19.2 Å². The molecule has 2 amide bonds. The van der Waals surface area contributed by atoms with E-state index < -0.39 is 17.2 Å². The number of nitrogens with zero attached hydrogens (tertiary/aromatic N) is 3. The first-order chi connectivity index (χ1) is 17.8. The zero-order valence-electron chi connectivity index (χ0n) is 21.1. The molecule has 0 bridgehead atoms. The lowest BCUT2D eigenvalue weighted by Crippen LogP contribution is -2.40. The SMILES string of the molecule is CCN(CC)C(=O)c1sc2c(c1C)c(=O)n(-c1ccccc1)c(=O)n2CC(=O)Nc1ccccc1OC. The highest BCUT2D eigenvalue weighted by Crippen LogP contribution is 2.30. The van der Waals surface area contributed by atoms with Crippen molar-refractivity contribution in [3.8, 4) is 11.4 Å². The summed E-state index contributed by atoms with van der Waals surface area (Å²) < 4.78 is 7.60. The van der Waals surface area contributed by atoms with Crippen LogP contribution in [-0.4, -0.2) is 46.0 Å². The average Bonchev–Trinajstić information content (AvgIpc) is 3.25. The molecule has 192 valence electrons. The van der Waals surface area contributed by atoms with E-state index in [-0.39, 0.29) is 22.7 Å². The van der Waals surface area contributed by atoms with E-state index in [0.29, 0.717) is 40.7 Å². The Balaban J connectivity index is 1.91. The van der Waals surface area contributed by atoms with Crippen molar-refractivity contribution in [2.45, 2.75) is 27.3 Å². The number of hydrogen-bond acceptors (Lipinski definition) is 6. The zero-order chi connectivity index (χ0) is 26.7. The van der Waals surface area contributed by atoms with Crippen molar-refractivity contribution in [3.05, 3.63) is 85.9 Å². The molecule has 2 aromatic carbocycles. The Morgan fingerprint density at radius 3 is 2.30 bits per heavy atom. The van der Waals surface area contributed by atoms with Crippen LogP contribution in [0.25, 0.3) is 15.9 Å². The molecule has 0 atom stereocenters. The number of benzene rings is 2. The van der Waals surface area contributed by atoms with Crippen LogP contribution in [0, 0.1) is 6.92 Å². The molecule has 0 spiro atoms. The highest BCUT2D eigenvalue weighted by molar-refractivity contribution is 7.20. The van der Waals surface area contributed by atoms with Gasteiger partial charge in [0.25, 0.3) is 11.5 Å². The number of carbonyl (C=O) groups is 2. The third-order valence-corrected chi connectivity index (χ3v) is 7.46. The summed E-state index contributed by atoms with van der Waals surface area (Å²) in [6.07, 6.45) is 0. The third-order valence-electron chi connectivity index (χ3n) is 6.15. The molecule has 0 saturated heterocycles. The Labute approximate surface area is 217 Å². The minimum Gasteiger partial charge on any atom is -0.495 e. The van der Waals surface area contributed by atoms with Gasteiger partial charge in [0.2, 0.25) is 5.91 Å². The molecule has 0 aliphatic rings. The number of fused-ring (bicyclic) bond motifs is 1. The van der Waals surface area contributed by atoms with Crippen LogP contribution in [0.2, 0.25) is 0 Å². The fourth-order valence-electron chi connectivity index (χ4n) is 4.23. The second-order valence-electron chi connectivity index (χ2n) is 8.31. The van der Waals surface area contributed by atoms with Gasteiger partial charge in [0.15, 0.2) is 0 Å². The molecule has 37 heavy (non-hydrogen) atoms. The maximum Gasteiger partial charge on any atom is 0.337 e. The lowest BCUT2D eigenvalue weighted by Gasteiger charge is -2.17. The van der Waals surface area contributed by atoms with Crippen molar-refractivity contribution in [3.63, 3.8) is 0 Å². The van der Waals surface area contributed by atoms with Crippen LogP contribution in [0.3, 0.4) is 0 Å². The Hall–Kier alpha value is -4.18. The van der Waals surface area contributed by atoms with Crippen LogP contribution in [0.4, 0.5) is 5.69 Å². The fourth-order valence-corrected chi connectivity index (χ4v) is 5.49. The standard InChI is InChI=1S/C27H28N4O5S/c1-5-29(6-2)25(34)23-17(3)22-24(33)31(18-12-8-7-9-13-18)27(35)30(26(22)37-23)16-21(32)28-19-14-10-11-15-20(19)36-4/h7-15H,5-6,16H2,1-4H3,(H,28,32). The number of aromatic nitrogens is 2. The number of aryl methyl sites for hydroxylation is 1. The molecular formula is C27H28N4O5S. The van der Waals surface area contributed by atoms with E-state index in [1.54, 1.807) is 66.4 Å². The molecule has 0 aliphatic heterocycles. The molecule has 10 heteroatoms. The number of amides is 2. The van der Waals surface area contributed by atoms with Crippen LogP contribution in [0.1, 0.15) is 29.1 Å². The molecule has 0 saturated carbocycles. The lowest BCUT2D eigenvalue weighted by molar-refractivity contribution is -0.116. The smallest absolute Gasteiger partial charge is 0.337 e. The predicted molar refractivity (Wildman–Crippen MR) is 145 cm³/mol. The van der Waals surface area contributed by atoms with Crippen LogP contribution < -0.4 is 21.3 Å². The first kappa shape index (κ1) is 25.9. The molecule has 4 aromatic rings. The summed E-state index contributed by atoms with van der Waals surface area (Å²) in [6, 6.07) is 15.5. The normalized spacial score (nSPS) is 10.9. The van der Waals surface area contributed by atoms with Crippen LogP contribution in [-0.2, 0) is 11.3 Å².